The van der Waals surface area contributed by atoms with E-state index in [-0.39, 0.29) is 5.75 Å². The Hall–Kier alpha value is -2.12. The lowest BCUT2D eigenvalue weighted by atomic mass is 10.1. The number of rotatable bonds is 6. The number of nitrogens with one attached hydrogen (secondary N) is 1. The summed E-state index contributed by atoms with van der Waals surface area (Å²) in [6.07, 6.45) is 0.844. The largest absolute Gasteiger partial charge is 0.508 e. The predicted octanol–water partition coefficient (Wildman–Crippen LogP) is 4.03. The molecule has 0 spiro atoms. The van der Waals surface area contributed by atoms with Crippen LogP contribution in [-0.2, 0) is 6.42 Å². The number of thioether (sulfide) groups is 1. The minimum Gasteiger partial charge on any atom is -0.508 e. The van der Waals surface area contributed by atoms with E-state index >= 15 is 0 Å². The maximum atomic E-state index is 9.34. The molecule has 2 aromatic rings. The van der Waals surface area contributed by atoms with Crippen LogP contribution in [0.4, 0.5) is 5.69 Å². The second-order valence-electron chi connectivity index (χ2n) is 4.57. The highest BCUT2D eigenvalue weighted by atomic mass is 32.2. The summed E-state index contributed by atoms with van der Waals surface area (Å²) in [7, 11) is 0. The lowest BCUT2D eigenvalue weighted by Crippen LogP contribution is -2.06. The molecular weight excluding hydrogens is 280 g/mol. The zero-order chi connectivity index (χ0) is 15.1. The third kappa shape index (κ3) is 4.17. The fourth-order valence-corrected chi connectivity index (χ4v) is 2.86. The second-order valence-corrected chi connectivity index (χ2v) is 5.87. The Bertz CT molecular complexity index is 632. The lowest BCUT2D eigenvalue weighted by Gasteiger charge is -2.11. The Morgan fingerprint density at radius 3 is 2.62 bits per heavy atom. The summed E-state index contributed by atoms with van der Waals surface area (Å²) in [6, 6.07) is 15.4. The van der Waals surface area contributed by atoms with Gasteiger partial charge in [-0.05, 0) is 42.0 Å². The molecule has 0 amide bonds. The fraction of sp³-hybridized carbons (Fsp3) is 0.235. The number of phenols is 1. The van der Waals surface area contributed by atoms with Gasteiger partial charge in [0.2, 0.25) is 0 Å². The number of anilines is 1. The molecule has 3 nitrogen and oxygen atoms in total. The van der Waals surface area contributed by atoms with E-state index in [0.29, 0.717) is 0 Å². The van der Waals surface area contributed by atoms with Crippen LogP contribution in [0.15, 0.2) is 47.4 Å². The normalized spacial score (nSPS) is 10.1. The number of hydrogen-bond acceptors (Lipinski definition) is 4. The molecule has 0 saturated heterocycles. The molecule has 0 heterocycles. The summed E-state index contributed by atoms with van der Waals surface area (Å²) in [5.41, 5.74) is 2.75. The van der Waals surface area contributed by atoms with Crippen molar-refractivity contribution in [1.29, 1.82) is 5.26 Å². The maximum Gasteiger partial charge on any atom is 0.115 e. The van der Waals surface area contributed by atoms with E-state index < -0.39 is 0 Å². The van der Waals surface area contributed by atoms with Gasteiger partial charge in [-0.1, -0.05) is 25.1 Å². The molecular formula is C17H18N2OS. The molecule has 0 atom stereocenters. The molecule has 2 aromatic carbocycles. The third-order valence-corrected chi connectivity index (χ3v) is 4.04. The van der Waals surface area contributed by atoms with Gasteiger partial charge in [-0.3, -0.25) is 0 Å². The third-order valence-electron chi connectivity index (χ3n) is 3.10. The SMILES string of the molecule is CCSc1cccc(NCCc2ccc(O)cc2)c1C#N. The van der Waals surface area contributed by atoms with Crippen molar-refractivity contribution in [3.05, 3.63) is 53.6 Å². The summed E-state index contributed by atoms with van der Waals surface area (Å²) in [6.45, 7) is 2.83. The first kappa shape index (κ1) is 15.3. The van der Waals surface area contributed by atoms with Crippen molar-refractivity contribution in [2.75, 3.05) is 17.6 Å². The Morgan fingerprint density at radius 2 is 1.95 bits per heavy atom. The van der Waals surface area contributed by atoms with Gasteiger partial charge in [-0.25, -0.2) is 0 Å². The van der Waals surface area contributed by atoms with E-state index in [4.69, 9.17) is 0 Å². The molecule has 0 aliphatic carbocycles. The van der Waals surface area contributed by atoms with Gasteiger partial charge in [-0.2, -0.15) is 5.26 Å². The molecule has 0 unspecified atom stereocenters. The highest BCUT2D eigenvalue weighted by Crippen LogP contribution is 2.27. The van der Waals surface area contributed by atoms with E-state index in [2.05, 4.69) is 18.3 Å². The first-order valence-corrected chi connectivity index (χ1v) is 7.91. The average molecular weight is 298 g/mol. The fourth-order valence-electron chi connectivity index (χ4n) is 2.07. The summed E-state index contributed by atoms with van der Waals surface area (Å²) in [5, 5.41) is 21.9. The van der Waals surface area contributed by atoms with Crippen molar-refractivity contribution < 1.29 is 5.11 Å². The second kappa shape index (κ2) is 7.61. The molecule has 0 bridgehead atoms. The van der Waals surface area contributed by atoms with E-state index in [1.54, 1.807) is 23.9 Å². The minimum atomic E-state index is 0.280. The number of benzene rings is 2. The van der Waals surface area contributed by atoms with Crippen LogP contribution in [0.25, 0.3) is 0 Å². The van der Waals surface area contributed by atoms with Gasteiger partial charge in [0.15, 0.2) is 0 Å². The average Bonchev–Trinajstić information content (AvgIpc) is 2.50. The zero-order valence-corrected chi connectivity index (χ0v) is 12.8. The smallest absolute Gasteiger partial charge is 0.115 e. The number of hydrogen-bond donors (Lipinski definition) is 2. The minimum absolute atomic E-state index is 0.280. The van der Waals surface area contributed by atoms with Crippen LogP contribution in [-0.4, -0.2) is 17.4 Å². The summed E-state index contributed by atoms with van der Waals surface area (Å²) in [5.74, 6) is 1.23. The van der Waals surface area contributed by atoms with E-state index in [9.17, 15) is 10.4 Å². The molecule has 2 N–H and O–H groups in total. The highest BCUT2D eigenvalue weighted by molar-refractivity contribution is 7.99. The molecule has 21 heavy (non-hydrogen) atoms. The summed E-state index contributed by atoms with van der Waals surface area (Å²) in [4.78, 5) is 1.02. The lowest BCUT2D eigenvalue weighted by molar-refractivity contribution is 0.475. The first-order valence-electron chi connectivity index (χ1n) is 6.92. The van der Waals surface area contributed by atoms with E-state index in [1.165, 1.54) is 0 Å². The Labute approximate surface area is 129 Å². The monoisotopic (exact) mass is 298 g/mol. The van der Waals surface area contributed by atoms with Crippen molar-refractivity contribution >= 4 is 17.4 Å². The molecule has 108 valence electrons. The van der Waals surface area contributed by atoms with Gasteiger partial charge in [-0.15, -0.1) is 11.8 Å². The molecule has 0 aliphatic heterocycles. The maximum absolute atomic E-state index is 9.34. The van der Waals surface area contributed by atoms with Crippen LogP contribution in [0.5, 0.6) is 5.75 Å². The van der Waals surface area contributed by atoms with Crippen molar-refractivity contribution in [2.24, 2.45) is 0 Å². The highest BCUT2D eigenvalue weighted by Gasteiger charge is 2.07. The van der Waals surface area contributed by atoms with Crippen LogP contribution in [0.1, 0.15) is 18.1 Å². The van der Waals surface area contributed by atoms with Crippen LogP contribution in [0.3, 0.4) is 0 Å². The van der Waals surface area contributed by atoms with Crippen LogP contribution in [0, 0.1) is 11.3 Å². The number of aromatic hydroxyl groups is 1. The Kier molecular flexibility index (Phi) is 5.53. The van der Waals surface area contributed by atoms with Crippen LogP contribution >= 0.6 is 11.8 Å². The number of phenolic OH excluding ortho intramolecular Hbond substituents is 1. The van der Waals surface area contributed by atoms with Crippen LogP contribution < -0.4 is 5.32 Å². The summed E-state index contributed by atoms with van der Waals surface area (Å²) >= 11 is 1.68. The van der Waals surface area contributed by atoms with Gasteiger partial charge in [0.05, 0.1) is 11.3 Å². The molecule has 4 heteroatoms. The Morgan fingerprint density at radius 1 is 1.19 bits per heavy atom. The van der Waals surface area contributed by atoms with E-state index in [0.717, 1.165) is 40.4 Å². The Balaban J connectivity index is 2.01. The van der Waals surface area contributed by atoms with Crippen molar-refractivity contribution in [3.63, 3.8) is 0 Å². The molecule has 2 rings (SSSR count). The van der Waals surface area contributed by atoms with Gasteiger partial charge in [0.25, 0.3) is 0 Å². The molecule has 0 aliphatic rings. The van der Waals surface area contributed by atoms with Gasteiger partial charge >= 0.3 is 0 Å². The van der Waals surface area contributed by atoms with Gasteiger partial charge < -0.3 is 10.4 Å². The van der Waals surface area contributed by atoms with Crippen molar-refractivity contribution in [3.8, 4) is 11.8 Å². The molecule has 0 radical (unpaired) electrons. The molecule has 0 fully saturated rings. The summed E-state index contributed by atoms with van der Waals surface area (Å²) < 4.78 is 0. The number of nitriles is 1. The van der Waals surface area contributed by atoms with Crippen molar-refractivity contribution in [2.45, 2.75) is 18.2 Å². The van der Waals surface area contributed by atoms with Gasteiger partial charge in [0.1, 0.15) is 11.8 Å². The predicted molar refractivity (Wildman–Crippen MR) is 87.9 cm³/mol. The standard InChI is InChI=1S/C17H18N2OS/c1-2-21-17-5-3-4-16(15(17)12-18)19-11-10-13-6-8-14(20)9-7-13/h3-9,19-20H,2,10-11H2,1H3. The quantitative estimate of drug-likeness (QED) is 0.791. The van der Waals surface area contributed by atoms with Crippen LogP contribution in [0.2, 0.25) is 0 Å². The zero-order valence-electron chi connectivity index (χ0n) is 12.0. The van der Waals surface area contributed by atoms with Gasteiger partial charge in [0, 0.05) is 11.4 Å². The topological polar surface area (TPSA) is 56.0 Å². The molecule has 0 aromatic heterocycles. The van der Waals surface area contributed by atoms with Crippen molar-refractivity contribution in [1.82, 2.24) is 0 Å². The number of nitrogens with zero attached hydrogens (tertiary/aromatic N) is 1. The first-order chi connectivity index (χ1) is 10.2. The molecule has 0 saturated carbocycles. The van der Waals surface area contributed by atoms with E-state index in [1.807, 2.05) is 30.3 Å².